The molecule has 2 rings (SSSR count). The Labute approximate surface area is 124 Å². The van der Waals surface area contributed by atoms with Gasteiger partial charge < -0.3 is 24.6 Å². The molecule has 0 aromatic heterocycles. The molecule has 1 heterocycles. The Balaban J connectivity index is 2.41. The van der Waals surface area contributed by atoms with Gasteiger partial charge in [-0.2, -0.15) is 0 Å². The molecule has 2 N–H and O–H groups in total. The largest absolute Gasteiger partial charge is 0.493 e. The van der Waals surface area contributed by atoms with Crippen LogP contribution in [0.5, 0.6) is 11.5 Å². The number of carboxylic acid groups (broad SMARTS) is 1. The van der Waals surface area contributed by atoms with Crippen LogP contribution in [0.1, 0.15) is 23.6 Å². The van der Waals surface area contributed by atoms with Crippen LogP contribution in [-0.2, 0) is 16.1 Å². The number of hydrogen-bond donors (Lipinski definition) is 2. The molecule has 1 aromatic rings. The maximum absolute atomic E-state index is 11.1. The van der Waals surface area contributed by atoms with Gasteiger partial charge >= 0.3 is 5.97 Å². The standard InChI is InChI=1S/C15H21NO5/c1-19-8-9-4-5-12(20-2)14(21-3)13(9)11-6-10(7-16-11)15(17)18/h4-5,10-11,16H,6-8H2,1-3H3,(H,17,18). The van der Waals surface area contributed by atoms with Crippen molar-refractivity contribution in [2.24, 2.45) is 5.92 Å². The van der Waals surface area contributed by atoms with Gasteiger partial charge in [-0.1, -0.05) is 6.07 Å². The second-order valence-corrected chi connectivity index (χ2v) is 5.04. The lowest BCUT2D eigenvalue weighted by Gasteiger charge is -2.21. The van der Waals surface area contributed by atoms with Crippen molar-refractivity contribution in [3.8, 4) is 11.5 Å². The fraction of sp³-hybridized carbons (Fsp3) is 0.533. The lowest BCUT2D eigenvalue weighted by molar-refractivity contribution is -0.141. The quantitative estimate of drug-likeness (QED) is 0.830. The average molecular weight is 295 g/mol. The SMILES string of the molecule is COCc1ccc(OC)c(OC)c1C1CC(C(=O)O)CN1. The molecule has 0 saturated carbocycles. The summed E-state index contributed by atoms with van der Waals surface area (Å²) in [5, 5.41) is 12.4. The Morgan fingerprint density at radius 3 is 2.62 bits per heavy atom. The van der Waals surface area contributed by atoms with E-state index in [-0.39, 0.29) is 12.0 Å². The summed E-state index contributed by atoms with van der Waals surface area (Å²) in [5.41, 5.74) is 1.89. The zero-order chi connectivity index (χ0) is 15.4. The van der Waals surface area contributed by atoms with Gasteiger partial charge in [-0.05, 0) is 18.1 Å². The second kappa shape index (κ2) is 6.78. The lowest BCUT2D eigenvalue weighted by atomic mass is 9.95. The van der Waals surface area contributed by atoms with Crippen molar-refractivity contribution in [2.75, 3.05) is 27.9 Å². The zero-order valence-electron chi connectivity index (χ0n) is 12.5. The average Bonchev–Trinajstić information content (AvgIpc) is 2.96. The Kier molecular flexibility index (Phi) is 5.03. The van der Waals surface area contributed by atoms with Crippen LogP contribution in [0.25, 0.3) is 0 Å². The van der Waals surface area contributed by atoms with E-state index < -0.39 is 5.97 Å². The number of ether oxygens (including phenoxy) is 3. The third-order valence-electron chi connectivity index (χ3n) is 3.80. The van der Waals surface area contributed by atoms with Crippen LogP contribution in [0.15, 0.2) is 12.1 Å². The topological polar surface area (TPSA) is 77.0 Å². The summed E-state index contributed by atoms with van der Waals surface area (Å²) in [6.07, 6.45) is 0.523. The molecule has 2 unspecified atom stereocenters. The summed E-state index contributed by atoms with van der Waals surface area (Å²) < 4.78 is 16.1. The van der Waals surface area contributed by atoms with Crippen molar-refractivity contribution in [3.63, 3.8) is 0 Å². The molecule has 21 heavy (non-hydrogen) atoms. The van der Waals surface area contributed by atoms with Gasteiger partial charge in [-0.15, -0.1) is 0 Å². The molecule has 1 aliphatic heterocycles. The maximum Gasteiger partial charge on any atom is 0.307 e. The minimum absolute atomic E-state index is 0.0821. The number of benzene rings is 1. The van der Waals surface area contributed by atoms with Crippen molar-refractivity contribution < 1.29 is 24.1 Å². The van der Waals surface area contributed by atoms with Crippen molar-refractivity contribution in [3.05, 3.63) is 23.3 Å². The highest BCUT2D eigenvalue weighted by atomic mass is 16.5. The molecule has 0 radical (unpaired) electrons. The van der Waals surface area contributed by atoms with E-state index in [2.05, 4.69) is 5.32 Å². The highest BCUT2D eigenvalue weighted by molar-refractivity contribution is 5.71. The number of rotatable bonds is 6. The smallest absolute Gasteiger partial charge is 0.307 e. The van der Waals surface area contributed by atoms with E-state index in [0.717, 1.165) is 11.1 Å². The van der Waals surface area contributed by atoms with Gasteiger partial charge in [0.2, 0.25) is 0 Å². The fourth-order valence-electron chi connectivity index (χ4n) is 2.80. The molecule has 1 aliphatic rings. The van der Waals surface area contributed by atoms with E-state index >= 15 is 0 Å². The normalized spacial score (nSPS) is 21.3. The molecule has 0 spiro atoms. The van der Waals surface area contributed by atoms with Crippen LogP contribution in [-0.4, -0.2) is 38.9 Å². The predicted octanol–water partition coefficient (Wildman–Crippen LogP) is 1.59. The molecule has 0 amide bonds. The molecule has 1 saturated heterocycles. The Morgan fingerprint density at radius 2 is 2.10 bits per heavy atom. The minimum Gasteiger partial charge on any atom is -0.493 e. The Bertz CT molecular complexity index is 517. The summed E-state index contributed by atoms with van der Waals surface area (Å²) in [6.45, 7) is 0.887. The summed E-state index contributed by atoms with van der Waals surface area (Å²) in [5.74, 6) is 0.102. The Morgan fingerprint density at radius 1 is 1.33 bits per heavy atom. The van der Waals surface area contributed by atoms with Gasteiger partial charge in [0.05, 0.1) is 26.7 Å². The summed E-state index contributed by atoms with van der Waals surface area (Å²) >= 11 is 0. The maximum atomic E-state index is 11.1. The number of hydrogen-bond acceptors (Lipinski definition) is 5. The van der Waals surface area contributed by atoms with E-state index in [0.29, 0.717) is 31.1 Å². The van der Waals surface area contributed by atoms with Gasteiger partial charge in [0.1, 0.15) is 0 Å². The van der Waals surface area contributed by atoms with Gasteiger partial charge in [-0.3, -0.25) is 4.79 Å². The predicted molar refractivity (Wildman–Crippen MR) is 76.7 cm³/mol. The minimum atomic E-state index is -0.778. The fourth-order valence-corrected chi connectivity index (χ4v) is 2.80. The highest BCUT2D eigenvalue weighted by Gasteiger charge is 2.33. The van der Waals surface area contributed by atoms with E-state index in [4.69, 9.17) is 19.3 Å². The van der Waals surface area contributed by atoms with Gasteiger partial charge in [0.25, 0.3) is 0 Å². The first kappa shape index (κ1) is 15.6. The van der Waals surface area contributed by atoms with E-state index in [1.54, 1.807) is 21.3 Å². The summed E-state index contributed by atoms with van der Waals surface area (Å²) in [4.78, 5) is 11.1. The second-order valence-electron chi connectivity index (χ2n) is 5.04. The first-order valence-electron chi connectivity index (χ1n) is 6.81. The molecule has 0 aliphatic carbocycles. The van der Waals surface area contributed by atoms with Crippen molar-refractivity contribution in [1.82, 2.24) is 5.32 Å². The van der Waals surface area contributed by atoms with Crippen LogP contribution in [0.4, 0.5) is 0 Å². The molecule has 2 atom stereocenters. The van der Waals surface area contributed by atoms with Crippen molar-refractivity contribution in [2.45, 2.75) is 19.1 Å². The number of aliphatic carboxylic acids is 1. The third kappa shape index (κ3) is 3.11. The molecule has 6 heteroatoms. The van der Waals surface area contributed by atoms with Crippen LogP contribution in [0, 0.1) is 5.92 Å². The summed E-state index contributed by atoms with van der Waals surface area (Å²) in [7, 11) is 4.80. The molecule has 6 nitrogen and oxygen atoms in total. The lowest BCUT2D eigenvalue weighted by Crippen LogP contribution is -2.18. The molecular formula is C15H21NO5. The van der Waals surface area contributed by atoms with Gasteiger partial charge in [0.15, 0.2) is 11.5 Å². The van der Waals surface area contributed by atoms with E-state index in [9.17, 15) is 4.79 Å². The number of carbonyl (C=O) groups is 1. The van der Waals surface area contributed by atoms with Crippen molar-refractivity contribution >= 4 is 5.97 Å². The number of carboxylic acids is 1. The molecule has 1 aromatic carbocycles. The van der Waals surface area contributed by atoms with Crippen LogP contribution in [0.2, 0.25) is 0 Å². The number of nitrogens with one attached hydrogen (secondary N) is 1. The van der Waals surface area contributed by atoms with Gasteiger partial charge in [-0.25, -0.2) is 0 Å². The Hall–Kier alpha value is -1.79. The van der Waals surface area contributed by atoms with Crippen molar-refractivity contribution in [1.29, 1.82) is 0 Å². The first-order valence-corrected chi connectivity index (χ1v) is 6.81. The third-order valence-corrected chi connectivity index (χ3v) is 3.80. The highest BCUT2D eigenvalue weighted by Crippen LogP contribution is 2.41. The van der Waals surface area contributed by atoms with E-state index in [1.807, 2.05) is 12.1 Å². The van der Waals surface area contributed by atoms with Gasteiger partial charge in [0, 0.05) is 25.3 Å². The molecule has 1 fully saturated rings. The monoisotopic (exact) mass is 295 g/mol. The van der Waals surface area contributed by atoms with E-state index in [1.165, 1.54) is 0 Å². The molecule has 116 valence electrons. The zero-order valence-corrected chi connectivity index (χ0v) is 12.5. The molecule has 0 bridgehead atoms. The first-order chi connectivity index (χ1) is 10.1. The van der Waals surface area contributed by atoms with Crippen LogP contribution >= 0.6 is 0 Å². The summed E-state index contributed by atoms with van der Waals surface area (Å²) in [6, 6.07) is 3.68. The van der Waals surface area contributed by atoms with Crippen LogP contribution in [0.3, 0.4) is 0 Å². The van der Waals surface area contributed by atoms with Crippen LogP contribution < -0.4 is 14.8 Å². The number of methoxy groups -OCH3 is 3. The molecular weight excluding hydrogens is 274 g/mol.